The van der Waals surface area contributed by atoms with Gasteiger partial charge in [0.25, 0.3) is 0 Å². The second-order valence-corrected chi connectivity index (χ2v) is 9.69. The highest BCUT2D eigenvalue weighted by atomic mass is 16.5. The number of carbonyl (C=O) groups excluding carboxylic acids is 1. The van der Waals surface area contributed by atoms with Crippen LogP contribution in [0.2, 0.25) is 0 Å². The number of hydrogen-bond acceptors (Lipinski definition) is 5. The number of benzene rings is 1. The lowest BCUT2D eigenvalue weighted by molar-refractivity contribution is -0.138. The fourth-order valence-corrected chi connectivity index (χ4v) is 6.58. The van der Waals surface area contributed by atoms with Crippen molar-refractivity contribution in [2.24, 2.45) is 22.7 Å². The summed E-state index contributed by atoms with van der Waals surface area (Å²) in [5.74, 6) is 2.60. The molecule has 1 aromatic carbocycles. The summed E-state index contributed by atoms with van der Waals surface area (Å²) in [7, 11) is 4.99. The maximum Gasteiger partial charge on any atom is 0.222 e. The van der Waals surface area contributed by atoms with Crippen molar-refractivity contribution in [3.8, 4) is 11.5 Å². The highest BCUT2D eigenvalue weighted by molar-refractivity contribution is 5.76. The van der Waals surface area contributed by atoms with Gasteiger partial charge in [0, 0.05) is 37.8 Å². The molecule has 1 heterocycles. The number of fused-ring (bicyclic) bond motifs is 1. The normalized spacial score (nSPS) is 33.8. The van der Waals surface area contributed by atoms with Crippen LogP contribution in [-0.2, 0) is 14.3 Å². The minimum Gasteiger partial charge on any atom is -0.497 e. The van der Waals surface area contributed by atoms with Crippen LogP contribution >= 0.6 is 0 Å². The van der Waals surface area contributed by atoms with Gasteiger partial charge in [-0.05, 0) is 54.1 Å². The molecule has 6 heteroatoms. The molecule has 4 rings (SSSR count). The Kier molecular flexibility index (Phi) is 5.75. The quantitative estimate of drug-likeness (QED) is 0.732. The molecule has 6 nitrogen and oxygen atoms in total. The Labute approximate surface area is 179 Å². The van der Waals surface area contributed by atoms with Gasteiger partial charge in [0.15, 0.2) is 0 Å². The molecule has 1 saturated heterocycles. The van der Waals surface area contributed by atoms with E-state index in [2.05, 4.69) is 25.2 Å². The van der Waals surface area contributed by atoms with Gasteiger partial charge in [-0.25, -0.2) is 0 Å². The van der Waals surface area contributed by atoms with Crippen LogP contribution in [0.3, 0.4) is 0 Å². The maximum atomic E-state index is 12.7. The number of hydrogen-bond donors (Lipinski definition) is 1. The van der Waals surface area contributed by atoms with E-state index in [1.54, 1.807) is 21.3 Å². The van der Waals surface area contributed by atoms with Crippen molar-refractivity contribution < 1.29 is 23.7 Å². The molecule has 2 aliphatic carbocycles. The molecule has 2 bridgehead atoms. The predicted octanol–water partition coefficient (Wildman–Crippen LogP) is 3.74. The average molecular weight is 418 g/mol. The standard InChI is InChI=1S/C24H35NO5/c1-23(2)15-12-18-21(17-7-6-16(28-4)13-19(17)29-5)30-11-9-24(18,14-15)22(23)25-20(26)8-10-27-3/h6-7,13,15,18,21-22H,8-12,14H2,1-5H3,(H,25,26)/t15-,18-,21-,22+,24?/m1/s1. The first-order valence-electron chi connectivity index (χ1n) is 11.0. The summed E-state index contributed by atoms with van der Waals surface area (Å²) in [5, 5.41) is 3.42. The van der Waals surface area contributed by atoms with Gasteiger partial charge in [-0.3, -0.25) is 4.79 Å². The van der Waals surface area contributed by atoms with Crippen LogP contribution in [0.1, 0.15) is 51.2 Å². The zero-order valence-corrected chi connectivity index (χ0v) is 18.8. The fraction of sp³-hybridized carbons (Fsp3) is 0.708. The largest absolute Gasteiger partial charge is 0.497 e. The maximum absolute atomic E-state index is 12.7. The van der Waals surface area contributed by atoms with E-state index in [4.69, 9.17) is 18.9 Å². The van der Waals surface area contributed by atoms with Gasteiger partial charge < -0.3 is 24.3 Å². The Morgan fingerprint density at radius 3 is 2.73 bits per heavy atom. The molecule has 1 aromatic rings. The number of methoxy groups -OCH3 is 3. The molecule has 30 heavy (non-hydrogen) atoms. The van der Waals surface area contributed by atoms with Crippen LogP contribution in [0.4, 0.5) is 0 Å². The van der Waals surface area contributed by atoms with E-state index >= 15 is 0 Å². The van der Waals surface area contributed by atoms with Gasteiger partial charge in [0.2, 0.25) is 5.91 Å². The monoisotopic (exact) mass is 417 g/mol. The molecule has 1 unspecified atom stereocenters. The van der Waals surface area contributed by atoms with Crippen LogP contribution in [0.15, 0.2) is 18.2 Å². The molecule has 3 aliphatic rings. The summed E-state index contributed by atoms with van der Waals surface area (Å²) in [6.45, 7) is 5.79. The minimum atomic E-state index is -0.0286. The van der Waals surface area contributed by atoms with E-state index in [0.717, 1.165) is 36.3 Å². The van der Waals surface area contributed by atoms with Crippen LogP contribution < -0.4 is 14.8 Å². The average Bonchev–Trinajstić information content (AvgIpc) is 3.24. The van der Waals surface area contributed by atoms with Crippen molar-refractivity contribution in [3.05, 3.63) is 23.8 Å². The smallest absolute Gasteiger partial charge is 0.222 e. The highest BCUT2D eigenvalue weighted by Gasteiger charge is 2.68. The summed E-state index contributed by atoms with van der Waals surface area (Å²) in [6, 6.07) is 6.13. The molecular weight excluding hydrogens is 382 g/mol. The van der Waals surface area contributed by atoms with Crippen molar-refractivity contribution in [1.29, 1.82) is 0 Å². The molecule has 0 radical (unpaired) electrons. The van der Waals surface area contributed by atoms with E-state index in [9.17, 15) is 4.79 Å². The lowest BCUT2D eigenvalue weighted by Gasteiger charge is -2.53. The van der Waals surface area contributed by atoms with E-state index in [-0.39, 0.29) is 28.9 Å². The summed E-state index contributed by atoms with van der Waals surface area (Å²) in [4.78, 5) is 12.7. The third kappa shape index (κ3) is 3.28. The molecule has 1 spiro atoms. The number of carbonyl (C=O) groups is 1. The summed E-state index contributed by atoms with van der Waals surface area (Å²) >= 11 is 0. The Morgan fingerprint density at radius 2 is 2.03 bits per heavy atom. The Bertz CT molecular complexity index is 794. The fourth-order valence-electron chi connectivity index (χ4n) is 6.58. The SMILES string of the molecule is COCCC(=O)N[C@H]1C(C)(C)[C@@H]2C[C@@H]3[C@@H](c4ccc(OC)cc4OC)OCCC31C2. The van der Waals surface area contributed by atoms with E-state index in [0.29, 0.717) is 31.5 Å². The topological polar surface area (TPSA) is 66.0 Å². The number of nitrogens with one attached hydrogen (secondary N) is 1. The molecule has 166 valence electrons. The summed E-state index contributed by atoms with van der Waals surface area (Å²) in [5.41, 5.74) is 1.22. The van der Waals surface area contributed by atoms with Gasteiger partial charge >= 0.3 is 0 Å². The molecule has 3 fully saturated rings. The van der Waals surface area contributed by atoms with E-state index in [1.807, 2.05) is 12.1 Å². The summed E-state index contributed by atoms with van der Waals surface area (Å²) < 4.78 is 22.6. The van der Waals surface area contributed by atoms with Crippen molar-refractivity contribution in [2.45, 2.75) is 51.7 Å². The van der Waals surface area contributed by atoms with Gasteiger partial charge in [-0.1, -0.05) is 13.8 Å². The lowest BCUT2D eigenvalue weighted by atomic mass is 9.58. The molecule has 1 aliphatic heterocycles. The molecular formula is C24H35NO5. The third-order valence-electron chi connectivity index (χ3n) is 8.09. The van der Waals surface area contributed by atoms with Crippen molar-refractivity contribution >= 4 is 5.91 Å². The Balaban J connectivity index is 1.65. The highest BCUT2D eigenvalue weighted by Crippen LogP contribution is 2.70. The minimum absolute atomic E-state index is 0.0286. The van der Waals surface area contributed by atoms with E-state index in [1.165, 1.54) is 0 Å². The second-order valence-electron chi connectivity index (χ2n) is 9.69. The first-order chi connectivity index (χ1) is 14.4. The zero-order valence-electron chi connectivity index (χ0n) is 18.8. The second kappa shape index (κ2) is 8.04. The first-order valence-corrected chi connectivity index (χ1v) is 11.0. The molecule has 1 amide bonds. The van der Waals surface area contributed by atoms with Crippen LogP contribution in [0, 0.1) is 22.7 Å². The molecule has 2 saturated carbocycles. The van der Waals surface area contributed by atoms with E-state index < -0.39 is 0 Å². The molecule has 1 N–H and O–H groups in total. The van der Waals surface area contributed by atoms with Crippen molar-refractivity contribution in [3.63, 3.8) is 0 Å². The first kappa shape index (κ1) is 21.4. The Hall–Kier alpha value is -1.79. The van der Waals surface area contributed by atoms with Gasteiger partial charge in [0.05, 0.1) is 26.9 Å². The third-order valence-corrected chi connectivity index (χ3v) is 8.09. The van der Waals surface area contributed by atoms with Crippen LogP contribution in [0.5, 0.6) is 11.5 Å². The lowest BCUT2D eigenvalue weighted by Crippen LogP contribution is -2.59. The van der Waals surface area contributed by atoms with Crippen LogP contribution in [-0.4, -0.2) is 46.5 Å². The zero-order chi connectivity index (χ0) is 21.5. The van der Waals surface area contributed by atoms with Crippen molar-refractivity contribution in [1.82, 2.24) is 5.32 Å². The van der Waals surface area contributed by atoms with Crippen molar-refractivity contribution in [2.75, 3.05) is 34.5 Å². The van der Waals surface area contributed by atoms with Gasteiger partial charge in [-0.2, -0.15) is 0 Å². The van der Waals surface area contributed by atoms with Gasteiger partial charge in [0.1, 0.15) is 11.5 Å². The summed E-state index contributed by atoms with van der Waals surface area (Å²) in [6.07, 6.45) is 3.64. The molecule has 0 aromatic heterocycles. The number of ether oxygens (including phenoxy) is 4. The number of rotatable bonds is 7. The Morgan fingerprint density at radius 1 is 1.23 bits per heavy atom. The van der Waals surface area contributed by atoms with Crippen LogP contribution in [0.25, 0.3) is 0 Å². The predicted molar refractivity (Wildman–Crippen MR) is 114 cm³/mol. The molecule has 5 atom stereocenters. The van der Waals surface area contributed by atoms with Gasteiger partial charge in [-0.15, -0.1) is 0 Å². The number of amides is 1.